The second-order valence-electron chi connectivity index (χ2n) is 8.34. The Labute approximate surface area is 213 Å². The Morgan fingerprint density at radius 1 is 0.971 bits per heavy atom. The van der Waals surface area contributed by atoms with Crippen LogP contribution in [0.25, 0.3) is 5.78 Å². The zero-order valence-electron chi connectivity index (χ0n) is 19.0. The molecule has 7 nitrogen and oxygen atoms in total. The Balaban J connectivity index is 1.34. The molecule has 2 aromatic heterocycles. The first kappa shape index (κ1) is 23.2. The van der Waals surface area contributed by atoms with Crippen LogP contribution in [0, 0.1) is 6.92 Å². The van der Waals surface area contributed by atoms with E-state index in [9.17, 15) is 0 Å². The number of fused-ring (bicyclic) bond motifs is 1. The van der Waals surface area contributed by atoms with Gasteiger partial charge in [-0.2, -0.15) is 9.50 Å². The van der Waals surface area contributed by atoms with E-state index < -0.39 is 0 Å². The van der Waals surface area contributed by atoms with E-state index in [-0.39, 0.29) is 0 Å². The number of anilines is 3. The predicted molar refractivity (Wildman–Crippen MR) is 141 cm³/mol. The maximum absolute atomic E-state index is 6.31. The summed E-state index contributed by atoms with van der Waals surface area (Å²) >= 11 is 14.1. The van der Waals surface area contributed by atoms with Gasteiger partial charge >= 0.3 is 0 Å². The first-order valence-electron chi connectivity index (χ1n) is 11.1. The van der Waals surface area contributed by atoms with Crippen molar-refractivity contribution in [3.63, 3.8) is 0 Å². The number of hydrogen-bond acceptors (Lipinski definition) is 7. The van der Waals surface area contributed by atoms with E-state index in [4.69, 9.17) is 23.2 Å². The van der Waals surface area contributed by atoms with Gasteiger partial charge in [-0.3, -0.25) is 0 Å². The number of halogens is 2. The molecule has 4 aromatic rings. The summed E-state index contributed by atoms with van der Waals surface area (Å²) in [5.74, 6) is 1.93. The van der Waals surface area contributed by atoms with E-state index in [1.807, 2.05) is 31.2 Å². The summed E-state index contributed by atoms with van der Waals surface area (Å²) in [6.45, 7) is 6.22. The third-order valence-corrected chi connectivity index (χ3v) is 7.41. The second-order valence-corrected chi connectivity index (χ2v) is 10.1. The van der Waals surface area contributed by atoms with Crippen LogP contribution in [-0.4, -0.2) is 57.7 Å². The third kappa shape index (κ3) is 5.10. The number of aromatic nitrogens is 4. The van der Waals surface area contributed by atoms with Gasteiger partial charge in [-0.05, 0) is 55.9 Å². The maximum atomic E-state index is 6.31. The maximum Gasteiger partial charge on any atom is 0.255 e. The third-order valence-electron chi connectivity index (χ3n) is 5.84. The number of benzene rings is 2. The fraction of sp³-hybridized carbons (Fsp3) is 0.292. The highest BCUT2D eigenvalue weighted by atomic mass is 35.5. The lowest BCUT2D eigenvalue weighted by atomic mass is 10.2. The zero-order chi connectivity index (χ0) is 23.7. The predicted octanol–water partition coefficient (Wildman–Crippen LogP) is 5.53. The van der Waals surface area contributed by atoms with Crippen LogP contribution in [-0.2, 0) is 5.75 Å². The molecule has 0 bridgehead atoms. The van der Waals surface area contributed by atoms with Gasteiger partial charge in [-0.25, -0.2) is 4.98 Å². The highest BCUT2D eigenvalue weighted by Gasteiger charge is 2.15. The Morgan fingerprint density at radius 2 is 1.68 bits per heavy atom. The van der Waals surface area contributed by atoms with Crippen molar-refractivity contribution in [2.24, 2.45) is 0 Å². The molecular weight excluding hydrogens is 489 g/mol. The van der Waals surface area contributed by atoms with Crippen LogP contribution < -0.4 is 10.2 Å². The summed E-state index contributed by atoms with van der Waals surface area (Å²) in [6.07, 6.45) is 0. The van der Waals surface area contributed by atoms with Gasteiger partial charge in [0.15, 0.2) is 0 Å². The first-order chi connectivity index (χ1) is 16.5. The molecule has 3 heterocycles. The largest absolute Gasteiger partial charge is 0.369 e. The van der Waals surface area contributed by atoms with E-state index in [0.717, 1.165) is 48.9 Å². The molecule has 0 saturated carbocycles. The van der Waals surface area contributed by atoms with E-state index >= 15 is 0 Å². The molecule has 0 atom stereocenters. The minimum Gasteiger partial charge on any atom is -0.369 e. The van der Waals surface area contributed by atoms with Crippen LogP contribution in [0.1, 0.15) is 11.3 Å². The summed E-state index contributed by atoms with van der Waals surface area (Å²) < 4.78 is 1.73. The number of likely N-dealkylation sites (N-methyl/N-ethyl adjacent to an activating group) is 1. The molecule has 1 aliphatic rings. The Bertz CT molecular complexity index is 1280. The number of hydrogen-bond donors (Lipinski definition) is 1. The summed E-state index contributed by atoms with van der Waals surface area (Å²) in [5.41, 5.74) is 3.96. The highest BCUT2D eigenvalue weighted by molar-refractivity contribution is 7.98. The van der Waals surface area contributed by atoms with Crippen molar-refractivity contribution < 1.29 is 0 Å². The van der Waals surface area contributed by atoms with Crippen molar-refractivity contribution in [2.75, 3.05) is 43.4 Å². The van der Waals surface area contributed by atoms with Gasteiger partial charge in [-0.15, -0.1) is 5.10 Å². The molecule has 0 radical (unpaired) electrons. The van der Waals surface area contributed by atoms with Crippen LogP contribution in [0.5, 0.6) is 0 Å². The molecule has 5 rings (SSSR count). The molecule has 176 valence electrons. The Morgan fingerprint density at radius 3 is 2.38 bits per heavy atom. The molecule has 34 heavy (non-hydrogen) atoms. The lowest BCUT2D eigenvalue weighted by Gasteiger charge is -2.34. The molecule has 0 spiro atoms. The van der Waals surface area contributed by atoms with Crippen molar-refractivity contribution in [3.05, 3.63) is 69.8 Å². The molecule has 1 N–H and O–H groups in total. The summed E-state index contributed by atoms with van der Waals surface area (Å²) in [6, 6.07) is 16.0. The molecular formula is C24H25Cl2N7S. The van der Waals surface area contributed by atoms with Crippen LogP contribution in [0.15, 0.2) is 53.7 Å². The van der Waals surface area contributed by atoms with Crippen LogP contribution in [0.4, 0.5) is 17.2 Å². The minimum atomic E-state index is 0.546. The molecule has 1 saturated heterocycles. The number of thioether (sulfide) groups is 1. The van der Waals surface area contributed by atoms with Gasteiger partial charge in [-0.1, -0.05) is 41.0 Å². The highest BCUT2D eigenvalue weighted by Crippen LogP contribution is 2.31. The average Bonchev–Trinajstić information content (AvgIpc) is 3.23. The molecule has 0 amide bonds. The molecule has 1 fully saturated rings. The summed E-state index contributed by atoms with van der Waals surface area (Å²) in [7, 11) is 2.17. The fourth-order valence-electron chi connectivity index (χ4n) is 3.89. The standard InChI is InChI=1S/C24H25Cl2N7S/c1-16-14-22(28-17-6-8-18(9-7-17)32-12-10-31(2)11-13-32)33-23(27-16)29-24(30-33)34-15-19-20(25)4-3-5-21(19)26/h3-9,14,28H,10-13,15H2,1-2H3. The Kier molecular flexibility index (Phi) is 6.83. The van der Waals surface area contributed by atoms with Crippen molar-refractivity contribution in [3.8, 4) is 0 Å². The number of piperazine rings is 1. The SMILES string of the molecule is Cc1cc(Nc2ccc(N3CCN(C)CC3)cc2)n2nc(SCc3c(Cl)cccc3Cl)nc2n1. The van der Waals surface area contributed by atoms with Crippen LogP contribution >= 0.6 is 35.0 Å². The lowest BCUT2D eigenvalue weighted by molar-refractivity contribution is 0.313. The van der Waals surface area contributed by atoms with E-state index in [0.29, 0.717) is 26.7 Å². The summed E-state index contributed by atoms with van der Waals surface area (Å²) in [4.78, 5) is 13.9. The van der Waals surface area contributed by atoms with Gasteiger partial charge in [0, 0.05) is 65.1 Å². The molecule has 0 unspecified atom stereocenters. The summed E-state index contributed by atoms with van der Waals surface area (Å²) in [5, 5.41) is 10.0. The monoisotopic (exact) mass is 513 g/mol. The van der Waals surface area contributed by atoms with Crippen molar-refractivity contribution in [1.29, 1.82) is 0 Å². The second kappa shape index (κ2) is 10.00. The zero-order valence-corrected chi connectivity index (χ0v) is 21.3. The van der Waals surface area contributed by atoms with E-state index in [1.54, 1.807) is 4.52 Å². The topological polar surface area (TPSA) is 61.6 Å². The number of aryl methyl sites for hydroxylation is 1. The number of nitrogens with zero attached hydrogens (tertiary/aromatic N) is 6. The fourth-order valence-corrected chi connectivity index (χ4v) is 5.45. The van der Waals surface area contributed by atoms with Crippen molar-refractivity contribution in [2.45, 2.75) is 17.8 Å². The minimum absolute atomic E-state index is 0.546. The molecule has 0 aliphatic carbocycles. The van der Waals surface area contributed by atoms with Crippen LogP contribution in [0.2, 0.25) is 10.0 Å². The van der Waals surface area contributed by atoms with E-state index in [1.165, 1.54) is 17.4 Å². The van der Waals surface area contributed by atoms with Gasteiger partial charge in [0.2, 0.25) is 5.16 Å². The van der Waals surface area contributed by atoms with E-state index in [2.05, 4.69) is 61.5 Å². The first-order valence-corrected chi connectivity index (χ1v) is 12.8. The quantitative estimate of drug-likeness (QED) is 0.340. The Hall–Kier alpha value is -2.52. The van der Waals surface area contributed by atoms with Gasteiger partial charge < -0.3 is 15.1 Å². The van der Waals surface area contributed by atoms with Gasteiger partial charge in [0.25, 0.3) is 5.78 Å². The van der Waals surface area contributed by atoms with Gasteiger partial charge in [0.05, 0.1) is 0 Å². The smallest absolute Gasteiger partial charge is 0.255 e. The number of rotatable bonds is 6. The van der Waals surface area contributed by atoms with Crippen molar-refractivity contribution >= 4 is 57.9 Å². The molecule has 2 aromatic carbocycles. The van der Waals surface area contributed by atoms with Crippen molar-refractivity contribution in [1.82, 2.24) is 24.5 Å². The lowest BCUT2D eigenvalue weighted by Crippen LogP contribution is -2.44. The average molecular weight is 514 g/mol. The molecule has 10 heteroatoms. The van der Waals surface area contributed by atoms with Gasteiger partial charge in [0.1, 0.15) is 5.82 Å². The normalized spacial score (nSPS) is 14.6. The van der Waals surface area contributed by atoms with Crippen LogP contribution in [0.3, 0.4) is 0 Å². The molecule has 1 aliphatic heterocycles. The number of nitrogens with one attached hydrogen (secondary N) is 1.